The highest BCUT2D eigenvalue weighted by Crippen LogP contribution is 2.28. The van der Waals surface area contributed by atoms with Gasteiger partial charge in [-0.25, -0.2) is 19.6 Å². The molecule has 0 N–H and O–H groups in total. The summed E-state index contributed by atoms with van der Waals surface area (Å²) < 4.78 is 13.3. The van der Waals surface area contributed by atoms with Crippen LogP contribution in [0.2, 0.25) is 0 Å². The number of anilines is 2. The van der Waals surface area contributed by atoms with Crippen LogP contribution in [0, 0.1) is 13.8 Å². The zero-order valence-corrected chi connectivity index (χ0v) is 27.4. The fourth-order valence-electron chi connectivity index (χ4n) is 5.20. The van der Waals surface area contributed by atoms with Crippen molar-refractivity contribution in [3.63, 3.8) is 0 Å². The second-order valence-electron chi connectivity index (χ2n) is 13.3. The van der Waals surface area contributed by atoms with E-state index in [1.807, 2.05) is 84.2 Å². The SMILES string of the molecule is Cc1cc(-c2ncc(CN(C(=O)OC(C)(C)C)c3nccn4c(N5CCN(C(=O)OC(C)(C)C)CC5)cnc34)cc2C)ccn1. The van der Waals surface area contributed by atoms with Gasteiger partial charge in [0.25, 0.3) is 0 Å². The number of piperazine rings is 1. The number of hydrogen-bond acceptors (Lipinski definition) is 9. The normalized spacial score (nSPS) is 14.0. The van der Waals surface area contributed by atoms with Crippen LogP contribution in [0.15, 0.2) is 49.2 Å². The maximum atomic E-state index is 13.7. The Morgan fingerprint density at radius 1 is 0.867 bits per heavy atom. The molecule has 0 saturated carbocycles. The summed E-state index contributed by atoms with van der Waals surface area (Å²) in [6.45, 7) is 17.5. The number of aromatic nitrogens is 5. The van der Waals surface area contributed by atoms with E-state index in [-0.39, 0.29) is 12.6 Å². The van der Waals surface area contributed by atoms with Crippen LogP contribution in [0.25, 0.3) is 16.9 Å². The molecule has 1 aliphatic rings. The zero-order valence-electron chi connectivity index (χ0n) is 27.4. The zero-order chi connectivity index (χ0) is 32.5. The van der Waals surface area contributed by atoms with Crippen molar-refractivity contribution in [3.8, 4) is 11.3 Å². The lowest BCUT2D eigenvalue weighted by atomic mass is 10.1. The van der Waals surface area contributed by atoms with Gasteiger partial charge in [0.15, 0.2) is 11.5 Å². The first-order chi connectivity index (χ1) is 21.2. The van der Waals surface area contributed by atoms with Crippen LogP contribution in [-0.2, 0) is 16.0 Å². The molecule has 4 aromatic rings. The molecule has 0 atom stereocenters. The van der Waals surface area contributed by atoms with Crippen LogP contribution in [0.1, 0.15) is 58.4 Å². The molecule has 2 amide bonds. The van der Waals surface area contributed by atoms with Gasteiger partial charge >= 0.3 is 12.2 Å². The van der Waals surface area contributed by atoms with Gasteiger partial charge in [-0.1, -0.05) is 6.07 Å². The first-order valence-corrected chi connectivity index (χ1v) is 15.1. The average molecular weight is 615 g/mol. The van der Waals surface area contributed by atoms with Gasteiger partial charge in [0.2, 0.25) is 0 Å². The molecule has 1 aliphatic heterocycles. The van der Waals surface area contributed by atoms with Gasteiger partial charge in [-0.3, -0.25) is 19.3 Å². The van der Waals surface area contributed by atoms with Crippen molar-refractivity contribution in [2.45, 2.75) is 73.1 Å². The summed E-state index contributed by atoms with van der Waals surface area (Å²) in [5, 5.41) is 0. The predicted molar refractivity (Wildman–Crippen MR) is 172 cm³/mol. The van der Waals surface area contributed by atoms with Gasteiger partial charge in [0.05, 0.1) is 18.4 Å². The Hall–Kier alpha value is -4.74. The Morgan fingerprint density at radius 3 is 2.22 bits per heavy atom. The summed E-state index contributed by atoms with van der Waals surface area (Å²) in [5.74, 6) is 1.22. The lowest BCUT2D eigenvalue weighted by molar-refractivity contribution is 0.0240. The number of rotatable bonds is 5. The van der Waals surface area contributed by atoms with Crippen molar-refractivity contribution < 1.29 is 19.1 Å². The van der Waals surface area contributed by atoms with E-state index in [1.165, 1.54) is 4.90 Å². The highest BCUT2D eigenvalue weighted by Gasteiger charge is 2.30. The van der Waals surface area contributed by atoms with E-state index in [1.54, 1.807) is 29.7 Å². The minimum atomic E-state index is -0.716. The van der Waals surface area contributed by atoms with Crippen LogP contribution in [0.3, 0.4) is 0 Å². The number of aryl methyl sites for hydroxylation is 2. The van der Waals surface area contributed by atoms with Gasteiger partial charge in [0.1, 0.15) is 17.0 Å². The fourth-order valence-corrected chi connectivity index (χ4v) is 5.20. The molecule has 1 saturated heterocycles. The Morgan fingerprint density at radius 2 is 1.58 bits per heavy atom. The maximum absolute atomic E-state index is 13.7. The Labute approximate surface area is 264 Å². The third-order valence-electron chi connectivity index (χ3n) is 7.16. The maximum Gasteiger partial charge on any atom is 0.416 e. The van der Waals surface area contributed by atoms with Crippen molar-refractivity contribution >= 4 is 29.5 Å². The van der Waals surface area contributed by atoms with Crippen molar-refractivity contribution in [2.75, 3.05) is 36.0 Å². The first-order valence-electron chi connectivity index (χ1n) is 15.1. The number of imidazole rings is 1. The summed E-state index contributed by atoms with van der Waals surface area (Å²) in [6, 6.07) is 5.96. The van der Waals surface area contributed by atoms with E-state index in [2.05, 4.69) is 14.9 Å². The minimum Gasteiger partial charge on any atom is -0.444 e. The third kappa shape index (κ3) is 7.50. The van der Waals surface area contributed by atoms with Crippen LogP contribution >= 0.6 is 0 Å². The summed E-state index contributed by atoms with van der Waals surface area (Å²) in [6.07, 6.45) is 7.95. The monoisotopic (exact) mass is 614 g/mol. The predicted octanol–water partition coefficient (Wildman–Crippen LogP) is 5.80. The van der Waals surface area contributed by atoms with Crippen LogP contribution < -0.4 is 9.80 Å². The van der Waals surface area contributed by atoms with Gasteiger partial charge in [0, 0.05) is 62.2 Å². The average Bonchev–Trinajstić information content (AvgIpc) is 3.39. The van der Waals surface area contributed by atoms with Crippen LogP contribution in [0.4, 0.5) is 21.2 Å². The topological polar surface area (TPSA) is 118 Å². The van der Waals surface area contributed by atoms with E-state index in [4.69, 9.17) is 19.4 Å². The Kier molecular flexibility index (Phi) is 8.68. The largest absolute Gasteiger partial charge is 0.444 e. The standard InChI is InChI=1S/C33H42N8O4/c1-22-17-24(19-36-27(22)25-9-10-34-23(2)18-25)21-41(31(43)45-33(6,7)8)28-29-37-20-26(40(29)12-11-35-28)38-13-15-39(16-14-38)30(42)44-32(3,4)5/h9-12,17-20H,13-16,21H2,1-8H3. The molecule has 12 nitrogen and oxygen atoms in total. The minimum absolute atomic E-state index is 0.182. The fraction of sp³-hybridized carbons (Fsp3) is 0.455. The van der Waals surface area contributed by atoms with Crippen molar-refractivity contribution in [2.24, 2.45) is 0 Å². The molecule has 0 unspecified atom stereocenters. The molecule has 0 bridgehead atoms. The summed E-state index contributed by atoms with van der Waals surface area (Å²) in [7, 11) is 0. The van der Waals surface area contributed by atoms with Crippen molar-refractivity contribution in [1.82, 2.24) is 29.2 Å². The second kappa shape index (κ2) is 12.3. The van der Waals surface area contributed by atoms with Crippen molar-refractivity contribution in [3.05, 3.63) is 66.0 Å². The van der Waals surface area contributed by atoms with E-state index < -0.39 is 17.3 Å². The molecule has 238 valence electrons. The van der Waals surface area contributed by atoms with Gasteiger partial charge in [-0.2, -0.15) is 0 Å². The van der Waals surface area contributed by atoms with Crippen LogP contribution in [0.5, 0.6) is 0 Å². The van der Waals surface area contributed by atoms with Gasteiger partial charge < -0.3 is 19.3 Å². The third-order valence-corrected chi connectivity index (χ3v) is 7.16. The highest BCUT2D eigenvalue weighted by molar-refractivity contribution is 5.91. The van der Waals surface area contributed by atoms with E-state index in [9.17, 15) is 9.59 Å². The number of carbonyl (C=O) groups is 2. The number of carbonyl (C=O) groups excluding carboxylic acids is 2. The van der Waals surface area contributed by atoms with Gasteiger partial charge in [-0.15, -0.1) is 0 Å². The summed E-state index contributed by atoms with van der Waals surface area (Å²) in [4.78, 5) is 50.0. The van der Waals surface area contributed by atoms with Gasteiger partial charge in [-0.05, 0) is 78.6 Å². The van der Waals surface area contributed by atoms with E-state index >= 15 is 0 Å². The number of fused-ring (bicyclic) bond motifs is 1. The molecule has 1 fully saturated rings. The molecular weight excluding hydrogens is 572 g/mol. The molecular formula is C33H42N8O4. The number of amides is 2. The molecule has 5 heterocycles. The molecule has 0 aromatic carbocycles. The molecule has 45 heavy (non-hydrogen) atoms. The molecule has 12 heteroatoms. The lowest BCUT2D eigenvalue weighted by Gasteiger charge is -2.36. The quantitative estimate of drug-likeness (QED) is 0.275. The van der Waals surface area contributed by atoms with Crippen LogP contribution in [-0.4, -0.2) is 78.8 Å². The van der Waals surface area contributed by atoms with E-state index in [0.717, 1.165) is 33.9 Å². The Bertz CT molecular complexity index is 1700. The molecule has 4 aromatic heterocycles. The first kappa shape index (κ1) is 31.7. The summed E-state index contributed by atoms with van der Waals surface area (Å²) in [5.41, 5.74) is 3.81. The van der Waals surface area contributed by atoms with Crippen molar-refractivity contribution in [1.29, 1.82) is 0 Å². The molecule has 0 spiro atoms. The van der Waals surface area contributed by atoms with E-state index in [0.29, 0.717) is 37.6 Å². The molecule has 0 radical (unpaired) electrons. The Balaban J connectivity index is 1.42. The number of ether oxygens (including phenoxy) is 2. The molecule has 5 rings (SSSR count). The summed E-state index contributed by atoms with van der Waals surface area (Å²) >= 11 is 0. The molecule has 0 aliphatic carbocycles. The highest BCUT2D eigenvalue weighted by atomic mass is 16.6. The lowest BCUT2D eigenvalue weighted by Crippen LogP contribution is -2.50. The smallest absolute Gasteiger partial charge is 0.416 e. The number of nitrogens with zero attached hydrogens (tertiary/aromatic N) is 8. The second-order valence-corrected chi connectivity index (χ2v) is 13.3. The number of hydrogen-bond donors (Lipinski definition) is 0. The number of pyridine rings is 2.